The number of halogens is 1. The summed E-state index contributed by atoms with van der Waals surface area (Å²) in [6.45, 7) is 3.93. The van der Waals surface area contributed by atoms with Gasteiger partial charge in [0.2, 0.25) is 0 Å². The maximum Gasteiger partial charge on any atom is 0.270 e. The number of amides is 1. The SMILES string of the molecule is CCC(C)NC(=O)c1cc(-c2ccccc2F)nn1-c1ccc(OC)cc1. The Kier molecular flexibility index (Phi) is 5.54. The Hall–Kier alpha value is -3.15. The molecule has 0 saturated carbocycles. The van der Waals surface area contributed by atoms with Crippen molar-refractivity contribution in [2.45, 2.75) is 26.3 Å². The van der Waals surface area contributed by atoms with Gasteiger partial charge in [-0.1, -0.05) is 19.1 Å². The molecule has 0 radical (unpaired) electrons. The number of rotatable bonds is 6. The summed E-state index contributed by atoms with van der Waals surface area (Å²) in [7, 11) is 1.59. The zero-order valence-electron chi connectivity index (χ0n) is 15.6. The molecule has 0 bridgehead atoms. The van der Waals surface area contributed by atoms with Crippen LogP contribution in [0.15, 0.2) is 54.6 Å². The van der Waals surface area contributed by atoms with Gasteiger partial charge in [0.05, 0.1) is 18.5 Å². The van der Waals surface area contributed by atoms with E-state index in [1.54, 1.807) is 55.6 Å². The molecule has 0 aliphatic carbocycles. The molecule has 1 N–H and O–H groups in total. The molecule has 2 aromatic carbocycles. The van der Waals surface area contributed by atoms with Crippen molar-refractivity contribution in [1.82, 2.24) is 15.1 Å². The molecule has 6 heteroatoms. The van der Waals surface area contributed by atoms with E-state index in [0.717, 1.165) is 6.42 Å². The molecule has 0 saturated heterocycles. The predicted molar refractivity (Wildman–Crippen MR) is 103 cm³/mol. The van der Waals surface area contributed by atoms with E-state index >= 15 is 0 Å². The van der Waals surface area contributed by atoms with E-state index < -0.39 is 0 Å². The normalized spacial score (nSPS) is 11.9. The summed E-state index contributed by atoms with van der Waals surface area (Å²) in [5.74, 6) is 0.0619. The van der Waals surface area contributed by atoms with Crippen LogP contribution >= 0.6 is 0 Å². The van der Waals surface area contributed by atoms with Crippen molar-refractivity contribution in [2.24, 2.45) is 0 Å². The topological polar surface area (TPSA) is 56.2 Å². The molecule has 1 heterocycles. The van der Waals surface area contributed by atoms with Gasteiger partial charge in [0.25, 0.3) is 5.91 Å². The molecular formula is C21H22FN3O2. The van der Waals surface area contributed by atoms with Gasteiger partial charge in [-0.15, -0.1) is 0 Å². The van der Waals surface area contributed by atoms with Crippen LogP contribution in [0.1, 0.15) is 30.8 Å². The van der Waals surface area contributed by atoms with E-state index in [2.05, 4.69) is 10.4 Å². The Morgan fingerprint density at radius 1 is 1.22 bits per heavy atom. The highest BCUT2D eigenvalue weighted by Crippen LogP contribution is 2.25. The first-order valence-electron chi connectivity index (χ1n) is 8.83. The van der Waals surface area contributed by atoms with Crippen LogP contribution in [0.5, 0.6) is 5.75 Å². The van der Waals surface area contributed by atoms with Crippen molar-refractivity contribution >= 4 is 5.91 Å². The van der Waals surface area contributed by atoms with Gasteiger partial charge in [-0.25, -0.2) is 9.07 Å². The van der Waals surface area contributed by atoms with Gasteiger partial charge in [-0.2, -0.15) is 5.10 Å². The highest BCUT2D eigenvalue weighted by molar-refractivity contribution is 5.94. The lowest BCUT2D eigenvalue weighted by Gasteiger charge is -2.12. The highest BCUT2D eigenvalue weighted by Gasteiger charge is 2.20. The standard InChI is InChI=1S/C21H22FN3O2/c1-4-14(2)23-21(26)20-13-19(17-7-5-6-8-18(17)22)24-25(20)15-9-11-16(27-3)12-10-15/h5-14H,4H2,1-3H3,(H,23,26). The zero-order chi connectivity index (χ0) is 19.4. The number of hydrogen-bond acceptors (Lipinski definition) is 3. The number of nitrogens with zero attached hydrogens (tertiary/aromatic N) is 2. The van der Waals surface area contributed by atoms with Gasteiger partial charge < -0.3 is 10.1 Å². The van der Waals surface area contributed by atoms with E-state index in [4.69, 9.17) is 4.74 Å². The number of methoxy groups -OCH3 is 1. The number of benzene rings is 2. The number of carbonyl (C=O) groups excluding carboxylic acids is 1. The zero-order valence-corrected chi connectivity index (χ0v) is 15.6. The Morgan fingerprint density at radius 2 is 1.93 bits per heavy atom. The summed E-state index contributed by atoms with van der Waals surface area (Å²) in [5, 5.41) is 7.44. The molecular weight excluding hydrogens is 345 g/mol. The van der Waals surface area contributed by atoms with E-state index in [-0.39, 0.29) is 17.8 Å². The molecule has 3 aromatic rings. The van der Waals surface area contributed by atoms with Crippen LogP contribution in [-0.2, 0) is 0 Å². The summed E-state index contributed by atoms with van der Waals surface area (Å²) in [6.07, 6.45) is 0.808. The lowest BCUT2D eigenvalue weighted by molar-refractivity contribution is 0.0931. The average Bonchev–Trinajstić information content (AvgIpc) is 3.13. The summed E-state index contributed by atoms with van der Waals surface area (Å²) in [6, 6.07) is 15.2. The van der Waals surface area contributed by atoms with Crippen molar-refractivity contribution in [3.63, 3.8) is 0 Å². The summed E-state index contributed by atoms with van der Waals surface area (Å²) >= 11 is 0. The fraction of sp³-hybridized carbons (Fsp3) is 0.238. The predicted octanol–water partition coefficient (Wildman–Crippen LogP) is 4.22. The van der Waals surface area contributed by atoms with Crippen LogP contribution in [0.25, 0.3) is 16.9 Å². The van der Waals surface area contributed by atoms with Crippen molar-refractivity contribution in [3.8, 4) is 22.7 Å². The average molecular weight is 367 g/mol. The molecule has 1 unspecified atom stereocenters. The van der Waals surface area contributed by atoms with Crippen LogP contribution in [0, 0.1) is 5.82 Å². The molecule has 1 amide bonds. The second-order valence-electron chi connectivity index (χ2n) is 6.29. The van der Waals surface area contributed by atoms with Gasteiger partial charge in [-0.3, -0.25) is 4.79 Å². The highest BCUT2D eigenvalue weighted by atomic mass is 19.1. The van der Waals surface area contributed by atoms with Crippen molar-refractivity contribution < 1.29 is 13.9 Å². The van der Waals surface area contributed by atoms with Crippen LogP contribution in [0.2, 0.25) is 0 Å². The second-order valence-corrected chi connectivity index (χ2v) is 6.29. The Labute approximate surface area is 157 Å². The quantitative estimate of drug-likeness (QED) is 0.710. The monoisotopic (exact) mass is 367 g/mol. The molecule has 0 spiro atoms. The Morgan fingerprint density at radius 3 is 2.56 bits per heavy atom. The Balaban J connectivity index is 2.08. The first-order chi connectivity index (χ1) is 13.0. The molecule has 1 atom stereocenters. The summed E-state index contributed by atoms with van der Waals surface area (Å²) in [4.78, 5) is 12.8. The van der Waals surface area contributed by atoms with Gasteiger partial charge in [0.1, 0.15) is 17.3 Å². The minimum Gasteiger partial charge on any atom is -0.497 e. The fourth-order valence-electron chi connectivity index (χ4n) is 2.66. The third-order valence-electron chi connectivity index (χ3n) is 4.40. The van der Waals surface area contributed by atoms with E-state index in [1.165, 1.54) is 10.7 Å². The number of hydrogen-bond donors (Lipinski definition) is 1. The molecule has 5 nitrogen and oxygen atoms in total. The van der Waals surface area contributed by atoms with E-state index in [1.807, 2.05) is 13.8 Å². The van der Waals surface area contributed by atoms with Crippen LogP contribution in [0.3, 0.4) is 0 Å². The number of carbonyl (C=O) groups is 1. The minimum atomic E-state index is -0.384. The molecule has 27 heavy (non-hydrogen) atoms. The molecule has 0 aliphatic heterocycles. The van der Waals surface area contributed by atoms with Crippen LogP contribution in [0.4, 0.5) is 4.39 Å². The van der Waals surface area contributed by atoms with Gasteiger partial charge in [0.15, 0.2) is 0 Å². The smallest absolute Gasteiger partial charge is 0.270 e. The largest absolute Gasteiger partial charge is 0.497 e. The van der Waals surface area contributed by atoms with Gasteiger partial charge in [0, 0.05) is 11.6 Å². The summed E-state index contributed by atoms with van der Waals surface area (Å²) in [5.41, 5.74) is 1.78. The molecule has 3 rings (SSSR count). The number of ether oxygens (including phenoxy) is 1. The first kappa shape index (κ1) is 18.6. The third-order valence-corrected chi connectivity index (χ3v) is 4.40. The first-order valence-corrected chi connectivity index (χ1v) is 8.83. The third kappa shape index (κ3) is 4.00. The van der Waals surface area contributed by atoms with Gasteiger partial charge in [-0.05, 0) is 55.8 Å². The van der Waals surface area contributed by atoms with Crippen molar-refractivity contribution in [2.75, 3.05) is 7.11 Å². The minimum absolute atomic E-state index is 0.0219. The molecule has 0 aliphatic rings. The molecule has 1 aromatic heterocycles. The van der Waals surface area contributed by atoms with Crippen molar-refractivity contribution in [3.05, 3.63) is 66.1 Å². The number of nitrogens with one attached hydrogen (secondary N) is 1. The van der Waals surface area contributed by atoms with Gasteiger partial charge >= 0.3 is 0 Å². The second kappa shape index (κ2) is 8.03. The van der Waals surface area contributed by atoms with E-state index in [9.17, 15) is 9.18 Å². The maximum atomic E-state index is 14.2. The summed E-state index contributed by atoms with van der Waals surface area (Å²) < 4.78 is 20.9. The molecule has 0 fully saturated rings. The van der Waals surface area contributed by atoms with Crippen LogP contribution in [-0.4, -0.2) is 28.8 Å². The fourth-order valence-corrected chi connectivity index (χ4v) is 2.66. The maximum absolute atomic E-state index is 14.2. The van der Waals surface area contributed by atoms with E-state index in [0.29, 0.717) is 28.4 Å². The lowest BCUT2D eigenvalue weighted by Crippen LogP contribution is -2.33. The molecule has 140 valence electrons. The lowest BCUT2D eigenvalue weighted by atomic mass is 10.1. The number of aromatic nitrogens is 2. The Bertz CT molecular complexity index is 935. The van der Waals surface area contributed by atoms with Crippen LogP contribution < -0.4 is 10.1 Å². The van der Waals surface area contributed by atoms with Crippen molar-refractivity contribution in [1.29, 1.82) is 0 Å².